The summed E-state index contributed by atoms with van der Waals surface area (Å²) >= 11 is 0. The molecule has 0 aliphatic heterocycles. The Kier molecular flexibility index (Phi) is 7.33. The van der Waals surface area contributed by atoms with Crippen molar-refractivity contribution in [2.45, 2.75) is 59.3 Å². The summed E-state index contributed by atoms with van der Waals surface area (Å²) in [4.78, 5) is 0. The van der Waals surface area contributed by atoms with Crippen LogP contribution in [0.25, 0.3) is 0 Å². The van der Waals surface area contributed by atoms with Gasteiger partial charge in [0, 0.05) is 10.6 Å². The Labute approximate surface area is 178 Å². The summed E-state index contributed by atoms with van der Waals surface area (Å²) in [5.41, 5.74) is 3.82. The van der Waals surface area contributed by atoms with Crippen molar-refractivity contribution in [3.8, 4) is 11.6 Å². The molecule has 2 aromatic rings. The molecule has 0 fully saturated rings. The van der Waals surface area contributed by atoms with E-state index in [2.05, 4.69) is 16.3 Å². The lowest BCUT2D eigenvalue weighted by molar-refractivity contribution is 0.355. The fourth-order valence-electron chi connectivity index (χ4n) is 2.68. The van der Waals surface area contributed by atoms with E-state index in [-0.39, 0.29) is 11.5 Å². The van der Waals surface area contributed by atoms with Crippen molar-refractivity contribution >= 4 is 28.7 Å². The van der Waals surface area contributed by atoms with Gasteiger partial charge in [-0.1, -0.05) is 75.2 Å². The molecule has 0 saturated heterocycles. The Morgan fingerprint density at radius 3 is 2.00 bits per heavy atom. The first-order valence-corrected chi connectivity index (χ1v) is 12.6. The highest BCUT2D eigenvalue weighted by molar-refractivity contribution is 7.84. The van der Waals surface area contributed by atoms with Gasteiger partial charge in [0.1, 0.15) is 0 Å². The Hall–Kier alpha value is -1.66. The maximum absolute atomic E-state index is 14.3. The van der Waals surface area contributed by atoms with Gasteiger partial charge in [-0.25, -0.2) is 8.93 Å². The molecule has 156 valence electrons. The smallest absolute Gasteiger partial charge is 0.210 e. The van der Waals surface area contributed by atoms with Gasteiger partial charge in [-0.15, -0.1) is 0 Å². The van der Waals surface area contributed by atoms with E-state index in [1.54, 1.807) is 0 Å². The Balaban J connectivity index is 2.60. The zero-order valence-electron chi connectivity index (χ0n) is 18.4. The molecule has 0 bridgehead atoms. The lowest BCUT2D eigenvalue weighted by Crippen LogP contribution is -2.45. The molecule has 0 radical (unpaired) electrons. The maximum atomic E-state index is 14.3. The monoisotopic (exact) mass is 429 g/mol. The average Bonchev–Trinajstić information content (AvgIpc) is 2.64. The van der Waals surface area contributed by atoms with Crippen molar-refractivity contribution in [1.29, 1.82) is 0 Å². The first kappa shape index (κ1) is 23.6. The van der Waals surface area contributed by atoms with Crippen LogP contribution in [0, 0.1) is 23.9 Å². The number of rotatable bonds is 4. The fraction of sp³-hybridized carbons (Fsp3) is 0.417. The average molecular weight is 430 g/mol. The third-order valence-electron chi connectivity index (χ3n) is 4.59. The minimum Gasteiger partial charge on any atom is -0.300 e. The van der Waals surface area contributed by atoms with Gasteiger partial charge in [0.15, 0.2) is 0 Å². The maximum Gasteiger partial charge on any atom is 0.210 e. The van der Waals surface area contributed by atoms with Crippen LogP contribution in [0.1, 0.15) is 47.1 Å². The van der Waals surface area contributed by atoms with Crippen LogP contribution in [-0.2, 0) is 15.6 Å². The molecule has 0 amide bonds. The lowest BCUT2D eigenvalue weighted by Gasteiger charge is -2.30. The second kappa shape index (κ2) is 9.00. The van der Waals surface area contributed by atoms with Gasteiger partial charge in [0.25, 0.3) is 0 Å². The van der Waals surface area contributed by atoms with E-state index in [0.717, 1.165) is 10.9 Å². The van der Waals surface area contributed by atoms with Crippen LogP contribution in [0.2, 0.25) is 0 Å². The third-order valence-corrected chi connectivity index (χ3v) is 8.80. The number of aryl methyl sites for hydroxylation is 1. The standard InChI is InChI=1S/C24H32NO2PS/c1-19-13-11-12-16-21(19)28(26,20-14-9-8-10-15-20)18-17-22(23(2,3)4)25-29(27)24(5,6)7/h8-16,22,25H,1-7H3/t22-,28+,29-/m1/s1. The minimum absolute atomic E-state index is 0.277. The molecule has 3 atom stereocenters. The largest absolute Gasteiger partial charge is 0.300 e. The van der Waals surface area contributed by atoms with E-state index in [1.165, 1.54) is 0 Å². The normalized spacial score (nSPS) is 16.2. The van der Waals surface area contributed by atoms with E-state index in [9.17, 15) is 8.77 Å². The number of hydrogen-bond acceptors (Lipinski definition) is 2. The molecule has 2 aromatic carbocycles. The highest BCUT2D eigenvalue weighted by Crippen LogP contribution is 2.43. The summed E-state index contributed by atoms with van der Waals surface area (Å²) in [5.74, 6) is 3.21. The van der Waals surface area contributed by atoms with Crippen LogP contribution in [-0.4, -0.2) is 15.0 Å². The van der Waals surface area contributed by atoms with Crippen LogP contribution in [0.5, 0.6) is 0 Å². The van der Waals surface area contributed by atoms with Crippen LogP contribution in [0.4, 0.5) is 0 Å². The van der Waals surface area contributed by atoms with Crippen molar-refractivity contribution in [3.05, 3.63) is 60.2 Å². The van der Waals surface area contributed by atoms with Crippen molar-refractivity contribution < 1.29 is 8.77 Å². The molecule has 0 aromatic heterocycles. The summed E-state index contributed by atoms with van der Waals surface area (Å²) in [5, 5.41) is 1.47. The predicted molar refractivity (Wildman–Crippen MR) is 127 cm³/mol. The van der Waals surface area contributed by atoms with E-state index in [4.69, 9.17) is 0 Å². The molecular formula is C24H32NO2PS. The molecule has 0 heterocycles. The molecular weight excluding hydrogens is 397 g/mol. The molecule has 0 aliphatic rings. The lowest BCUT2D eigenvalue weighted by atomic mass is 9.88. The summed E-state index contributed by atoms with van der Waals surface area (Å²) in [6, 6.07) is 16.7. The van der Waals surface area contributed by atoms with Gasteiger partial charge < -0.3 is 0 Å². The van der Waals surface area contributed by atoms with Crippen molar-refractivity contribution in [2.75, 3.05) is 0 Å². The molecule has 2 rings (SSSR count). The second-order valence-corrected chi connectivity index (χ2v) is 13.7. The topological polar surface area (TPSA) is 46.2 Å². The molecule has 1 N–H and O–H groups in total. The summed E-state index contributed by atoms with van der Waals surface area (Å²) in [6.07, 6.45) is 0. The summed E-state index contributed by atoms with van der Waals surface area (Å²) in [6.45, 7) is 13.9. The highest BCUT2D eigenvalue weighted by Gasteiger charge is 2.31. The molecule has 29 heavy (non-hydrogen) atoms. The summed E-state index contributed by atoms with van der Waals surface area (Å²) < 4.78 is 29.7. The van der Waals surface area contributed by atoms with E-state index >= 15 is 0 Å². The third kappa shape index (κ3) is 5.92. The van der Waals surface area contributed by atoms with Crippen molar-refractivity contribution in [2.24, 2.45) is 5.41 Å². The summed E-state index contributed by atoms with van der Waals surface area (Å²) in [7, 11) is -4.45. The van der Waals surface area contributed by atoms with Crippen LogP contribution in [0.15, 0.2) is 54.6 Å². The molecule has 0 unspecified atom stereocenters. The van der Waals surface area contributed by atoms with Gasteiger partial charge in [-0.3, -0.25) is 4.57 Å². The van der Waals surface area contributed by atoms with Gasteiger partial charge in [-0.2, -0.15) is 0 Å². The van der Waals surface area contributed by atoms with E-state index in [1.807, 2.05) is 103 Å². The minimum atomic E-state index is -3.17. The first-order chi connectivity index (χ1) is 13.4. The zero-order valence-corrected chi connectivity index (χ0v) is 20.2. The van der Waals surface area contributed by atoms with Gasteiger partial charge in [0.05, 0.1) is 21.8 Å². The Morgan fingerprint density at radius 1 is 0.931 bits per heavy atom. The fourth-order valence-corrected chi connectivity index (χ4v) is 5.96. The highest BCUT2D eigenvalue weighted by atomic mass is 32.2. The van der Waals surface area contributed by atoms with Gasteiger partial charge in [0.2, 0.25) is 7.14 Å². The van der Waals surface area contributed by atoms with Crippen LogP contribution >= 0.6 is 7.14 Å². The van der Waals surface area contributed by atoms with Crippen LogP contribution in [0.3, 0.4) is 0 Å². The molecule has 3 nitrogen and oxygen atoms in total. The van der Waals surface area contributed by atoms with Gasteiger partial charge in [-0.05, 0) is 50.4 Å². The van der Waals surface area contributed by atoms with Gasteiger partial charge >= 0.3 is 0 Å². The number of nitrogens with one attached hydrogen (secondary N) is 1. The number of benzene rings is 2. The van der Waals surface area contributed by atoms with Crippen molar-refractivity contribution in [3.63, 3.8) is 0 Å². The Morgan fingerprint density at radius 2 is 1.48 bits per heavy atom. The molecule has 5 heteroatoms. The molecule has 0 saturated carbocycles. The molecule has 0 aliphatic carbocycles. The number of hydrogen-bond donors (Lipinski definition) is 1. The Bertz CT molecular complexity index is 976. The first-order valence-electron chi connectivity index (χ1n) is 9.78. The quantitative estimate of drug-likeness (QED) is 0.564. The zero-order chi connectivity index (χ0) is 21.9. The van der Waals surface area contributed by atoms with E-state index in [0.29, 0.717) is 5.30 Å². The second-order valence-electron chi connectivity index (χ2n) is 9.29. The van der Waals surface area contributed by atoms with E-state index < -0.39 is 22.9 Å². The molecule has 0 spiro atoms. The predicted octanol–water partition coefficient (Wildman–Crippen LogP) is 4.74. The van der Waals surface area contributed by atoms with Crippen molar-refractivity contribution in [1.82, 2.24) is 4.72 Å². The SMILES string of the molecule is Cc1ccccc1[P@](=O)(C#C[C@@H](N[S@](=O)C(C)(C)C)C(C)(C)C)c1ccccc1. The van der Waals surface area contributed by atoms with Crippen LogP contribution < -0.4 is 15.3 Å².